The molecule has 0 heterocycles. The molecule has 2 unspecified atom stereocenters. The van der Waals surface area contributed by atoms with Crippen molar-refractivity contribution in [2.45, 2.75) is 32.2 Å². The summed E-state index contributed by atoms with van der Waals surface area (Å²) >= 11 is 0. The van der Waals surface area contributed by atoms with Crippen LogP contribution in [0.5, 0.6) is 0 Å². The van der Waals surface area contributed by atoms with Gasteiger partial charge in [-0.15, -0.1) is 0 Å². The highest BCUT2D eigenvalue weighted by Gasteiger charge is 2.21. The average Bonchev–Trinajstić information content (AvgIpc) is 2.30. The summed E-state index contributed by atoms with van der Waals surface area (Å²) in [4.78, 5) is 32.7. The fourth-order valence-electron chi connectivity index (χ4n) is 1.35. The van der Waals surface area contributed by atoms with Crippen molar-refractivity contribution in [1.29, 1.82) is 0 Å². The second-order valence-electron chi connectivity index (χ2n) is 3.65. The first kappa shape index (κ1) is 15.7. The van der Waals surface area contributed by atoms with Crippen LogP contribution in [0.25, 0.3) is 0 Å². The summed E-state index contributed by atoms with van der Waals surface area (Å²) in [5.74, 6) is -1.49. The number of hydrogen-bond acceptors (Lipinski definition) is 6. The van der Waals surface area contributed by atoms with Gasteiger partial charge in [0, 0.05) is 5.92 Å². The molecule has 0 aliphatic heterocycles. The van der Waals surface area contributed by atoms with E-state index in [1.807, 2.05) is 0 Å². The Morgan fingerprint density at radius 1 is 1.41 bits per heavy atom. The van der Waals surface area contributed by atoms with Gasteiger partial charge >= 0.3 is 5.97 Å². The van der Waals surface area contributed by atoms with Gasteiger partial charge in [-0.2, -0.15) is 0 Å². The molecule has 0 amide bonds. The Labute approximate surface area is 100 Å². The van der Waals surface area contributed by atoms with E-state index in [1.54, 1.807) is 6.92 Å². The van der Waals surface area contributed by atoms with Crippen LogP contribution in [0.3, 0.4) is 0 Å². The molecule has 0 aliphatic rings. The Morgan fingerprint density at radius 2 is 2.06 bits per heavy atom. The Morgan fingerprint density at radius 3 is 2.53 bits per heavy atom. The Kier molecular flexibility index (Phi) is 8.17. The zero-order chi connectivity index (χ0) is 13.3. The highest BCUT2D eigenvalue weighted by atomic mass is 16.5. The fraction of sp³-hybridized carbons (Fsp3) is 0.727. The maximum Gasteiger partial charge on any atom is 0.322 e. The maximum absolute atomic E-state index is 11.3. The maximum atomic E-state index is 11.3. The molecule has 3 N–H and O–H groups in total. The number of ether oxygens (including phenoxy) is 1. The van der Waals surface area contributed by atoms with Gasteiger partial charge in [0.1, 0.15) is 18.1 Å². The van der Waals surface area contributed by atoms with Crippen molar-refractivity contribution in [2.75, 3.05) is 13.2 Å². The van der Waals surface area contributed by atoms with Gasteiger partial charge in [-0.3, -0.25) is 9.59 Å². The average molecular weight is 245 g/mol. The number of nitrogens with two attached hydrogens (primary N) is 1. The number of ketones is 1. The summed E-state index contributed by atoms with van der Waals surface area (Å²) in [5.41, 5.74) is 5.54. The summed E-state index contributed by atoms with van der Waals surface area (Å²) < 4.78 is 4.71. The van der Waals surface area contributed by atoms with Crippen LogP contribution in [0.2, 0.25) is 0 Å². The lowest BCUT2D eigenvalue weighted by Gasteiger charge is -2.14. The van der Waals surface area contributed by atoms with Crippen molar-refractivity contribution >= 4 is 18.0 Å². The quantitative estimate of drug-likeness (QED) is 0.320. The number of carbonyl (C=O) groups is 3. The third-order valence-corrected chi connectivity index (χ3v) is 2.38. The smallest absolute Gasteiger partial charge is 0.322 e. The summed E-state index contributed by atoms with van der Waals surface area (Å²) in [6.07, 6.45) is 0.786. The Balaban J connectivity index is 4.09. The second kappa shape index (κ2) is 8.83. The van der Waals surface area contributed by atoms with Gasteiger partial charge in [-0.25, -0.2) is 0 Å². The minimum Gasteiger partial charge on any atom is -0.465 e. The van der Waals surface area contributed by atoms with Gasteiger partial charge in [0.25, 0.3) is 0 Å². The highest BCUT2D eigenvalue weighted by Crippen LogP contribution is 2.11. The van der Waals surface area contributed by atoms with Crippen molar-refractivity contribution in [3.8, 4) is 0 Å². The molecule has 0 saturated carbocycles. The molecule has 6 heteroatoms. The van der Waals surface area contributed by atoms with Crippen LogP contribution in [0.1, 0.15) is 26.2 Å². The molecule has 0 bridgehead atoms. The number of esters is 1. The summed E-state index contributed by atoms with van der Waals surface area (Å²) in [5, 5.41) is 8.98. The molecule has 0 aliphatic carbocycles. The van der Waals surface area contributed by atoms with Gasteiger partial charge in [0.15, 0.2) is 0 Å². The van der Waals surface area contributed by atoms with E-state index in [9.17, 15) is 14.4 Å². The predicted octanol–water partition coefficient (Wildman–Crippen LogP) is -0.576. The first-order valence-corrected chi connectivity index (χ1v) is 5.56. The number of aliphatic hydroxyl groups is 1. The molecule has 0 radical (unpaired) electrons. The normalized spacial score (nSPS) is 13.8. The van der Waals surface area contributed by atoms with Crippen LogP contribution in [0.4, 0.5) is 0 Å². The SMILES string of the molecule is CCOC(=O)C(N)CCC(CO)C(=O)CC=O. The largest absolute Gasteiger partial charge is 0.465 e. The van der Waals surface area contributed by atoms with Crippen LogP contribution >= 0.6 is 0 Å². The van der Waals surface area contributed by atoms with Gasteiger partial charge in [0.2, 0.25) is 0 Å². The van der Waals surface area contributed by atoms with Crippen molar-refractivity contribution in [3.63, 3.8) is 0 Å². The topological polar surface area (TPSA) is 107 Å². The highest BCUT2D eigenvalue weighted by molar-refractivity contribution is 5.91. The zero-order valence-electron chi connectivity index (χ0n) is 9.93. The fourth-order valence-corrected chi connectivity index (χ4v) is 1.35. The predicted molar refractivity (Wildman–Crippen MR) is 60.1 cm³/mol. The first-order valence-electron chi connectivity index (χ1n) is 5.56. The van der Waals surface area contributed by atoms with Crippen LogP contribution in [-0.2, 0) is 19.1 Å². The minimum absolute atomic E-state index is 0.222. The summed E-state index contributed by atoms with van der Waals surface area (Å²) in [6, 6.07) is -0.798. The molecular formula is C11H19NO5. The number of aliphatic hydroxyl groups excluding tert-OH is 1. The third kappa shape index (κ3) is 6.13. The Bertz CT molecular complexity index is 267. The van der Waals surface area contributed by atoms with Crippen LogP contribution in [0, 0.1) is 5.92 Å². The molecular weight excluding hydrogens is 226 g/mol. The van der Waals surface area contributed by atoms with Crippen molar-refractivity contribution < 1.29 is 24.2 Å². The zero-order valence-corrected chi connectivity index (χ0v) is 9.93. The second-order valence-corrected chi connectivity index (χ2v) is 3.65. The lowest BCUT2D eigenvalue weighted by Crippen LogP contribution is -2.33. The molecule has 0 aromatic heterocycles. The molecule has 0 rings (SSSR count). The lowest BCUT2D eigenvalue weighted by molar-refractivity contribution is -0.145. The number of rotatable bonds is 9. The Hall–Kier alpha value is -1.27. The molecule has 0 aromatic carbocycles. The van der Waals surface area contributed by atoms with E-state index in [4.69, 9.17) is 15.6 Å². The standard InChI is InChI=1S/C11H19NO5/c1-2-17-11(16)9(12)4-3-8(7-14)10(15)5-6-13/h6,8-9,14H,2-5,7,12H2,1H3. The summed E-state index contributed by atoms with van der Waals surface area (Å²) in [7, 11) is 0. The molecule has 0 fully saturated rings. The number of aldehydes is 1. The lowest BCUT2D eigenvalue weighted by atomic mass is 9.95. The van der Waals surface area contributed by atoms with Crippen molar-refractivity contribution in [3.05, 3.63) is 0 Å². The van der Waals surface area contributed by atoms with E-state index in [1.165, 1.54) is 0 Å². The molecule has 17 heavy (non-hydrogen) atoms. The van der Waals surface area contributed by atoms with Gasteiger partial charge < -0.3 is 20.4 Å². The number of Topliss-reactive ketones (excluding diaryl/α,β-unsaturated/α-hetero) is 1. The summed E-state index contributed by atoms with van der Waals surface area (Å²) in [6.45, 7) is 1.58. The van der Waals surface area contributed by atoms with Crippen LogP contribution in [-0.4, -0.2) is 42.4 Å². The van der Waals surface area contributed by atoms with Crippen LogP contribution < -0.4 is 5.73 Å². The number of hydrogen-bond donors (Lipinski definition) is 2. The van der Waals surface area contributed by atoms with E-state index in [0.29, 0.717) is 6.29 Å². The molecule has 6 nitrogen and oxygen atoms in total. The van der Waals surface area contributed by atoms with E-state index >= 15 is 0 Å². The van der Waals surface area contributed by atoms with Crippen LogP contribution in [0.15, 0.2) is 0 Å². The van der Waals surface area contributed by atoms with E-state index in [-0.39, 0.29) is 38.3 Å². The van der Waals surface area contributed by atoms with E-state index < -0.39 is 17.9 Å². The third-order valence-electron chi connectivity index (χ3n) is 2.38. The monoisotopic (exact) mass is 245 g/mol. The van der Waals surface area contributed by atoms with Crippen molar-refractivity contribution in [2.24, 2.45) is 11.7 Å². The molecule has 2 atom stereocenters. The van der Waals surface area contributed by atoms with Crippen molar-refractivity contribution in [1.82, 2.24) is 0 Å². The molecule has 0 spiro atoms. The van der Waals surface area contributed by atoms with Gasteiger partial charge in [-0.05, 0) is 19.8 Å². The first-order chi connectivity index (χ1) is 8.06. The van der Waals surface area contributed by atoms with E-state index in [0.717, 1.165) is 0 Å². The minimum atomic E-state index is -0.798. The number of carbonyl (C=O) groups excluding carboxylic acids is 3. The van der Waals surface area contributed by atoms with Gasteiger partial charge in [0.05, 0.1) is 19.6 Å². The molecule has 0 aromatic rings. The molecule has 0 saturated heterocycles. The molecule has 98 valence electrons. The van der Waals surface area contributed by atoms with Gasteiger partial charge in [-0.1, -0.05) is 0 Å². The van der Waals surface area contributed by atoms with E-state index in [2.05, 4.69) is 0 Å².